The molecule has 0 unspecified atom stereocenters. The highest BCUT2D eigenvalue weighted by atomic mass is 19.2. The van der Waals surface area contributed by atoms with Gasteiger partial charge in [0.25, 0.3) is 0 Å². The summed E-state index contributed by atoms with van der Waals surface area (Å²) in [6.07, 6.45) is 3.23. The zero-order valence-electron chi connectivity index (χ0n) is 8.80. The van der Waals surface area contributed by atoms with Gasteiger partial charge in [0.05, 0.1) is 0 Å². The molecule has 1 aromatic carbocycles. The van der Waals surface area contributed by atoms with E-state index in [0.29, 0.717) is 18.4 Å². The molecule has 1 saturated carbocycles. The van der Waals surface area contributed by atoms with E-state index in [9.17, 15) is 13.6 Å². The normalized spacial score (nSPS) is 17.9. The Labute approximate surface area is 92.4 Å². The van der Waals surface area contributed by atoms with Gasteiger partial charge in [-0.05, 0) is 30.5 Å². The van der Waals surface area contributed by atoms with E-state index in [1.807, 2.05) is 0 Å². The van der Waals surface area contributed by atoms with Gasteiger partial charge in [0.15, 0.2) is 11.6 Å². The maximum Gasteiger partial charge on any atom is 0.159 e. The molecule has 86 valence electrons. The molecule has 1 aromatic rings. The topological polar surface area (TPSA) is 43.1 Å². The van der Waals surface area contributed by atoms with Crippen LogP contribution < -0.4 is 5.73 Å². The summed E-state index contributed by atoms with van der Waals surface area (Å²) in [5.74, 6) is -1.90. The quantitative estimate of drug-likeness (QED) is 0.801. The number of nitrogens with two attached hydrogens (primary N) is 1. The van der Waals surface area contributed by atoms with Gasteiger partial charge in [-0.25, -0.2) is 8.78 Å². The molecule has 0 radical (unpaired) electrons. The second kappa shape index (κ2) is 3.94. The van der Waals surface area contributed by atoms with E-state index in [2.05, 4.69) is 0 Å². The van der Waals surface area contributed by atoms with Crippen LogP contribution in [0.15, 0.2) is 12.1 Å². The zero-order chi connectivity index (χ0) is 11.8. The first kappa shape index (κ1) is 11.2. The molecule has 0 aliphatic heterocycles. The van der Waals surface area contributed by atoms with Gasteiger partial charge in [0, 0.05) is 17.5 Å². The molecule has 0 heterocycles. The van der Waals surface area contributed by atoms with E-state index in [1.54, 1.807) is 0 Å². The Kier molecular flexibility index (Phi) is 2.76. The van der Waals surface area contributed by atoms with E-state index in [4.69, 9.17) is 5.73 Å². The van der Waals surface area contributed by atoms with Crippen LogP contribution in [0.1, 0.15) is 35.2 Å². The van der Waals surface area contributed by atoms with Crippen LogP contribution in [0.4, 0.5) is 8.78 Å². The lowest BCUT2D eigenvalue weighted by atomic mass is 9.63. The van der Waals surface area contributed by atoms with Crippen molar-refractivity contribution in [3.63, 3.8) is 0 Å². The van der Waals surface area contributed by atoms with Crippen LogP contribution in [0.3, 0.4) is 0 Å². The Morgan fingerprint density at radius 1 is 1.31 bits per heavy atom. The highest BCUT2D eigenvalue weighted by molar-refractivity contribution is 5.78. The summed E-state index contributed by atoms with van der Waals surface area (Å²) in [5.41, 5.74) is 6.11. The Hall–Kier alpha value is -1.29. The Balaban J connectivity index is 2.54. The molecule has 4 heteroatoms. The van der Waals surface area contributed by atoms with Crippen LogP contribution in [0.2, 0.25) is 0 Å². The third kappa shape index (κ3) is 1.53. The number of benzene rings is 1. The Morgan fingerprint density at radius 2 is 1.94 bits per heavy atom. The smallest absolute Gasteiger partial charge is 0.159 e. The summed E-state index contributed by atoms with van der Waals surface area (Å²) >= 11 is 0. The number of rotatable bonds is 3. The molecular formula is C12H13F2NO. The number of aldehydes is 1. The minimum atomic E-state index is -0.989. The van der Waals surface area contributed by atoms with Gasteiger partial charge in [-0.1, -0.05) is 6.42 Å². The maximum absolute atomic E-state index is 13.2. The fourth-order valence-electron chi connectivity index (χ4n) is 2.31. The predicted molar refractivity (Wildman–Crippen MR) is 56.3 cm³/mol. The van der Waals surface area contributed by atoms with Crippen LogP contribution in [0.5, 0.6) is 0 Å². The first-order chi connectivity index (χ1) is 7.63. The number of hydrogen-bond acceptors (Lipinski definition) is 2. The third-order valence-corrected chi connectivity index (χ3v) is 3.49. The number of carbonyl (C=O) groups is 1. The third-order valence-electron chi connectivity index (χ3n) is 3.49. The summed E-state index contributed by atoms with van der Waals surface area (Å²) in [6, 6.07) is 2.07. The molecule has 1 aliphatic carbocycles. The van der Waals surface area contributed by atoms with Crippen LogP contribution in [-0.4, -0.2) is 12.8 Å². The Bertz CT molecular complexity index is 422. The highest BCUT2D eigenvalue weighted by Gasteiger charge is 2.39. The summed E-state index contributed by atoms with van der Waals surface area (Å²) in [5, 5.41) is 0. The van der Waals surface area contributed by atoms with Crippen molar-refractivity contribution in [1.82, 2.24) is 0 Å². The molecular weight excluding hydrogens is 212 g/mol. The lowest BCUT2D eigenvalue weighted by Gasteiger charge is -2.42. The molecule has 2 N–H and O–H groups in total. The minimum Gasteiger partial charge on any atom is -0.330 e. The monoisotopic (exact) mass is 225 g/mol. The van der Waals surface area contributed by atoms with Gasteiger partial charge in [0.2, 0.25) is 0 Å². The molecule has 1 aliphatic rings. The van der Waals surface area contributed by atoms with Crippen molar-refractivity contribution in [2.24, 2.45) is 5.73 Å². The standard InChI is InChI=1S/C12H13F2NO/c13-10-4-8(6-16)9(5-11(10)14)12(7-15)2-1-3-12/h4-6H,1-3,7,15H2. The van der Waals surface area contributed by atoms with Gasteiger partial charge in [-0.15, -0.1) is 0 Å². The second-order valence-corrected chi connectivity index (χ2v) is 4.31. The van der Waals surface area contributed by atoms with Gasteiger partial charge >= 0.3 is 0 Å². The average Bonchev–Trinajstić information content (AvgIpc) is 2.22. The van der Waals surface area contributed by atoms with Gasteiger partial charge in [-0.3, -0.25) is 4.79 Å². The van der Waals surface area contributed by atoms with Crippen molar-refractivity contribution in [2.45, 2.75) is 24.7 Å². The lowest BCUT2D eigenvalue weighted by molar-refractivity contribution is 0.111. The number of hydrogen-bond donors (Lipinski definition) is 1. The first-order valence-corrected chi connectivity index (χ1v) is 5.28. The highest BCUT2D eigenvalue weighted by Crippen LogP contribution is 2.44. The van der Waals surface area contributed by atoms with Crippen molar-refractivity contribution in [2.75, 3.05) is 6.54 Å². The maximum atomic E-state index is 13.2. The largest absolute Gasteiger partial charge is 0.330 e. The molecule has 0 amide bonds. The molecule has 0 saturated heterocycles. The molecule has 0 atom stereocenters. The molecule has 16 heavy (non-hydrogen) atoms. The van der Waals surface area contributed by atoms with Crippen molar-refractivity contribution >= 4 is 6.29 Å². The predicted octanol–water partition coefficient (Wildman–Crippen LogP) is 2.16. The fourth-order valence-corrected chi connectivity index (χ4v) is 2.31. The number of carbonyl (C=O) groups excluding carboxylic acids is 1. The molecule has 0 spiro atoms. The summed E-state index contributed by atoms with van der Waals surface area (Å²) in [6.45, 7) is 0.360. The fraction of sp³-hybridized carbons (Fsp3) is 0.417. The lowest BCUT2D eigenvalue weighted by Crippen LogP contribution is -2.42. The molecule has 2 rings (SSSR count). The summed E-state index contributed by atoms with van der Waals surface area (Å²) in [7, 11) is 0. The van der Waals surface area contributed by atoms with Crippen molar-refractivity contribution in [3.8, 4) is 0 Å². The average molecular weight is 225 g/mol. The van der Waals surface area contributed by atoms with Crippen molar-refractivity contribution < 1.29 is 13.6 Å². The second-order valence-electron chi connectivity index (χ2n) is 4.31. The van der Waals surface area contributed by atoms with Gasteiger partial charge in [-0.2, -0.15) is 0 Å². The van der Waals surface area contributed by atoms with Gasteiger partial charge < -0.3 is 5.73 Å². The van der Waals surface area contributed by atoms with Crippen LogP contribution in [-0.2, 0) is 5.41 Å². The number of halogens is 2. The van der Waals surface area contributed by atoms with Crippen molar-refractivity contribution in [3.05, 3.63) is 34.9 Å². The zero-order valence-corrected chi connectivity index (χ0v) is 8.80. The summed E-state index contributed by atoms with van der Waals surface area (Å²) < 4.78 is 26.2. The van der Waals surface area contributed by atoms with Crippen LogP contribution in [0, 0.1) is 11.6 Å². The molecule has 0 aromatic heterocycles. The van der Waals surface area contributed by atoms with Gasteiger partial charge in [0.1, 0.15) is 6.29 Å². The van der Waals surface area contributed by atoms with Crippen molar-refractivity contribution in [1.29, 1.82) is 0 Å². The Morgan fingerprint density at radius 3 is 2.38 bits per heavy atom. The minimum absolute atomic E-state index is 0.212. The van der Waals surface area contributed by atoms with E-state index in [0.717, 1.165) is 31.4 Å². The molecule has 0 bridgehead atoms. The summed E-state index contributed by atoms with van der Waals surface area (Å²) in [4.78, 5) is 10.9. The van der Waals surface area contributed by atoms with E-state index >= 15 is 0 Å². The molecule has 1 fully saturated rings. The van der Waals surface area contributed by atoms with E-state index in [1.165, 1.54) is 0 Å². The van der Waals surface area contributed by atoms with Crippen LogP contribution in [0.25, 0.3) is 0 Å². The SMILES string of the molecule is NCC1(c2cc(F)c(F)cc2C=O)CCC1. The van der Waals surface area contributed by atoms with E-state index in [-0.39, 0.29) is 11.0 Å². The molecule has 2 nitrogen and oxygen atoms in total. The van der Waals surface area contributed by atoms with E-state index < -0.39 is 11.6 Å². The first-order valence-electron chi connectivity index (χ1n) is 5.28. The van der Waals surface area contributed by atoms with Crippen LogP contribution >= 0.6 is 0 Å².